The van der Waals surface area contributed by atoms with Crippen molar-refractivity contribution in [3.05, 3.63) is 58.7 Å². The third-order valence-corrected chi connectivity index (χ3v) is 5.71. The minimum absolute atomic E-state index is 0.778. The van der Waals surface area contributed by atoms with Crippen LogP contribution in [0.15, 0.2) is 36.4 Å². The number of unbranched alkanes of at least 4 members (excludes halogenated alkanes) is 1. The van der Waals surface area contributed by atoms with E-state index in [0.29, 0.717) is 0 Å². The highest BCUT2D eigenvalue weighted by molar-refractivity contribution is 7.55. The van der Waals surface area contributed by atoms with E-state index in [-0.39, 0.29) is 0 Å². The van der Waals surface area contributed by atoms with Crippen molar-refractivity contribution in [1.29, 1.82) is 0 Å². The number of rotatable bonds is 5. The zero-order chi connectivity index (χ0) is 14.5. The van der Waals surface area contributed by atoms with Gasteiger partial charge in [0.25, 0.3) is 0 Å². The van der Waals surface area contributed by atoms with Crippen LogP contribution in [0.4, 0.5) is 0 Å². The van der Waals surface area contributed by atoms with Crippen LogP contribution in [0.1, 0.15) is 42.0 Å². The molecule has 0 fully saturated rings. The van der Waals surface area contributed by atoms with Gasteiger partial charge in [0, 0.05) is 0 Å². The maximum absolute atomic E-state index is 2.31. The molecule has 0 saturated heterocycles. The second kappa shape index (κ2) is 7.04. The summed E-state index contributed by atoms with van der Waals surface area (Å²) in [6, 6.07) is 13.5. The van der Waals surface area contributed by atoms with Crippen LogP contribution in [0.2, 0.25) is 0 Å². The largest absolute Gasteiger partial charge is 0.0654 e. The molecule has 0 aliphatic rings. The van der Waals surface area contributed by atoms with Crippen LogP contribution >= 0.6 is 8.58 Å². The lowest BCUT2D eigenvalue weighted by Crippen LogP contribution is -2.12. The van der Waals surface area contributed by atoms with Gasteiger partial charge >= 0.3 is 0 Å². The molecule has 0 bridgehead atoms. The van der Waals surface area contributed by atoms with Gasteiger partial charge in [-0.15, -0.1) is 0 Å². The summed E-state index contributed by atoms with van der Waals surface area (Å²) < 4.78 is 0. The lowest BCUT2D eigenvalue weighted by molar-refractivity contribution is 0.798. The maximum Gasteiger partial charge on any atom is -0.0194 e. The van der Waals surface area contributed by atoms with Crippen LogP contribution in [0.5, 0.6) is 0 Å². The Hall–Kier alpha value is -1.13. The molecule has 20 heavy (non-hydrogen) atoms. The van der Waals surface area contributed by atoms with Gasteiger partial charge in [-0.05, 0) is 66.5 Å². The van der Waals surface area contributed by atoms with Gasteiger partial charge < -0.3 is 0 Å². The standard InChI is InChI=1S/C19H25P/c1-5-6-9-17-10-7-8-11-19(17)20-18-13-12-14(2)15(3)16(18)4/h7-8,10-13,20H,5-6,9H2,1-4H3. The highest BCUT2D eigenvalue weighted by Crippen LogP contribution is 2.20. The summed E-state index contributed by atoms with van der Waals surface area (Å²) in [5, 5.41) is 3.02. The fraction of sp³-hybridized carbons (Fsp3) is 0.368. The summed E-state index contributed by atoms with van der Waals surface area (Å²) in [4.78, 5) is 0. The maximum atomic E-state index is 2.31. The first-order valence-electron chi connectivity index (χ1n) is 7.55. The average molecular weight is 284 g/mol. The van der Waals surface area contributed by atoms with Gasteiger partial charge in [0.05, 0.1) is 0 Å². The Bertz CT molecular complexity index is 584. The number of hydrogen-bond donors (Lipinski definition) is 0. The average Bonchev–Trinajstić information content (AvgIpc) is 2.47. The van der Waals surface area contributed by atoms with E-state index in [9.17, 15) is 0 Å². The Kier molecular flexibility index (Phi) is 5.38. The molecular formula is C19H25P. The van der Waals surface area contributed by atoms with Crippen molar-refractivity contribution in [1.82, 2.24) is 0 Å². The van der Waals surface area contributed by atoms with E-state index in [1.165, 1.54) is 52.1 Å². The molecule has 1 atom stereocenters. The molecule has 0 amide bonds. The van der Waals surface area contributed by atoms with Crippen LogP contribution in [0, 0.1) is 20.8 Å². The summed E-state index contributed by atoms with van der Waals surface area (Å²) in [5.41, 5.74) is 5.84. The highest BCUT2D eigenvalue weighted by atomic mass is 31.1. The van der Waals surface area contributed by atoms with Gasteiger partial charge in [-0.25, -0.2) is 0 Å². The van der Waals surface area contributed by atoms with Gasteiger partial charge in [-0.1, -0.05) is 58.3 Å². The molecule has 0 heterocycles. The Labute approximate surface area is 125 Å². The molecule has 0 spiro atoms. The summed E-state index contributed by atoms with van der Waals surface area (Å²) >= 11 is 0. The predicted molar refractivity (Wildman–Crippen MR) is 93.3 cm³/mol. The van der Waals surface area contributed by atoms with E-state index in [0.717, 1.165) is 8.58 Å². The molecular weight excluding hydrogens is 259 g/mol. The molecule has 2 aromatic carbocycles. The molecule has 1 heteroatoms. The van der Waals surface area contributed by atoms with Gasteiger partial charge in [-0.2, -0.15) is 0 Å². The monoisotopic (exact) mass is 284 g/mol. The van der Waals surface area contributed by atoms with Crippen LogP contribution in [-0.2, 0) is 6.42 Å². The second-order valence-corrected chi connectivity index (χ2v) is 6.89. The van der Waals surface area contributed by atoms with Gasteiger partial charge in [0.1, 0.15) is 0 Å². The number of benzene rings is 2. The van der Waals surface area contributed by atoms with E-state index in [1.54, 1.807) is 0 Å². The zero-order valence-electron chi connectivity index (χ0n) is 13.1. The van der Waals surface area contributed by atoms with E-state index in [4.69, 9.17) is 0 Å². The van der Waals surface area contributed by atoms with Crippen LogP contribution in [0.3, 0.4) is 0 Å². The van der Waals surface area contributed by atoms with Gasteiger partial charge in [0.2, 0.25) is 0 Å². The van der Waals surface area contributed by atoms with E-state index >= 15 is 0 Å². The molecule has 2 aromatic rings. The lowest BCUT2D eigenvalue weighted by atomic mass is 10.1. The first kappa shape index (κ1) is 15.3. The van der Waals surface area contributed by atoms with E-state index < -0.39 is 0 Å². The highest BCUT2D eigenvalue weighted by Gasteiger charge is 2.07. The second-order valence-electron chi connectivity index (χ2n) is 5.57. The first-order valence-corrected chi connectivity index (χ1v) is 8.55. The third-order valence-electron chi connectivity index (χ3n) is 4.14. The normalized spacial score (nSPS) is 11.4. The zero-order valence-corrected chi connectivity index (χ0v) is 14.1. The van der Waals surface area contributed by atoms with E-state index in [2.05, 4.69) is 64.1 Å². The quantitative estimate of drug-likeness (QED) is 0.705. The molecule has 0 nitrogen and oxygen atoms in total. The Morgan fingerprint density at radius 3 is 2.35 bits per heavy atom. The fourth-order valence-electron chi connectivity index (χ4n) is 2.46. The number of aryl methyl sites for hydroxylation is 2. The molecule has 0 aliphatic carbocycles. The minimum Gasteiger partial charge on any atom is -0.0654 e. The molecule has 0 N–H and O–H groups in total. The molecule has 0 saturated carbocycles. The predicted octanol–water partition coefficient (Wildman–Crippen LogP) is 4.58. The molecule has 0 aliphatic heterocycles. The SMILES string of the molecule is CCCCc1ccccc1Pc1ccc(C)c(C)c1C. The Morgan fingerprint density at radius 1 is 0.850 bits per heavy atom. The molecule has 106 valence electrons. The van der Waals surface area contributed by atoms with Gasteiger partial charge in [0.15, 0.2) is 0 Å². The van der Waals surface area contributed by atoms with Crippen molar-refractivity contribution in [3.63, 3.8) is 0 Å². The van der Waals surface area contributed by atoms with Crippen molar-refractivity contribution in [3.8, 4) is 0 Å². The lowest BCUT2D eigenvalue weighted by Gasteiger charge is -2.14. The molecule has 0 radical (unpaired) electrons. The Balaban J connectivity index is 2.28. The van der Waals surface area contributed by atoms with Crippen molar-refractivity contribution < 1.29 is 0 Å². The minimum atomic E-state index is 0.778. The van der Waals surface area contributed by atoms with Gasteiger partial charge in [-0.3, -0.25) is 0 Å². The number of hydrogen-bond acceptors (Lipinski definition) is 0. The fourth-order valence-corrected chi connectivity index (χ4v) is 3.84. The molecule has 2 rings (SSSR count). The van der Waals surface area contributed by atoms with E-state index in [1.807, 2.05) is 0 Å². The summed E-state index contributed by atoms with van der Waals surface area (Å²) in [5.74, 6) is 0. The van der Waals surface area contributed by atoms with Crippen LogP contribution in [-0.4, -0.2) is 0 Å². The Morgan fingerprint density at radius 2 is 1.60 bits per heavy atom. The van der Waals surface area contributed by atoms with Crippen molar-refractivity contribution in [2.45, 2.75) is 47.0 Å². The summed E-state index contributed by atoms with van der Waals surface area (Å²) in [6.07, 6.45) is 3.76. The summed E-state index contributed by atoms with van der Waals surface area (Å²) in [7, 11) is 0.778. The van der Waals surface area contributed by atoms with Crippen molar-refractivity contribution in [2.75, 3.05) is 0 Å². The van der Waals surface area contributed by atoms with Crippen molar-refractivity contribution >= 4 is 19.2 Å². The summed E-state index contributed by atoms with van der Waals surface area (Å²) in [6.45, 7) is 8.96. The molecule has 1 unspecified atom stereocenters. The van der Waals surface area contributed by atoms with Crippen LogP contribution < -0.4 is 10.6 Å². The smallest absolute Gasteiger partial charge is 0.0194 e. The third kappa shape index (κ3) is 3.49. The first-order chi connectivity index (χ1) is 9.63. The molecule has 0 aromatic heterocycles. The topological polar surface area (TPSA) is 0 Å². The van der Waals surface area contributed by atoms with Crippen molar-refractivity contribution in [2.24, 2.45) is 0 Å². The van der Waals surface area contributed by atoms with Crippen LogP contribution in [0.25, 0.3) is 0 Å².